The Morgan fingerprint density at radius 3 is 2.36 bits per heavy atom. The fourth-order valence-electron chi connectivity index (χ4n) is 3.33. The number of rotatable bonds is 10. The topological polar surface area (TPSA) is 85.7 Å². The minimum Gasteiger partial charge on any atom is -0.497 e. The third kappa shape index (κ3) is 6.20. The Hall–Kier alpha value is -3.65. The van der Waals surface area contributed by atoms with Crippen LogP contribution < -0.4 is 10.1 Å². The van der Waals surface area contributed by atoms with Crippen molar-refractivity contribution in [3.63, 3.8) is 0 Å². The number of hydrogen-bond donors (Lipinski definition) is 1. The molecule has 0 radical (unpaired) electrons. The van der Waals surface area contributed by atoms with Crippen molar-refractivity contribution in [2.45, 2.75) is 20.3 Å². The zero-order valence-electron chi connectivity index (χ0n) is 19.5. The maximum atomic E-state index is 12.9. The highest BCUT2D eigenvalue weighted by Crippen LogP contribution is 2.26. The number of anilines is 1. The molecule has 1 heterocycles. The van der Waals surface area contributed by atoms with Gasteiger partial charge in [-0.3, -0.25) is 19.5 Å². The highest BCUT2D eigenvalue weighted by Gasteiger charge is 2.19. The van der Waals surface area contributed by atoms with Crippen molar-refractivity contribution in [2.24, 2.45) is 0 Å². The molecule has 3 aromatic rings. The van der Waals surface area contributed by atoms with Gasteiger partial charge in [0.25, 0.3) is 0 Å². The van der Waals surface area contributed by atoms with Gasteiger partial charge in [0.1, 0.15) is 12.3 Å². The number of imidazole rings is 1. The molecule has 0 saturated heterocycles. The predicted molar refractivity (Wildman–Crippen MR) is 128 cm³/mol. The van der Waals surface area contributed by atoms with E-state index in [-0.39, 0.29) is 18.4 Å². The number of ether oxygens (including phenoxy) is 2. The second-order valence-electron chi connectivity index (χ2n) is 7.59. The summed E-state index contributed by atoms with van der Waals surface area (Å²) in [6.07, 6.45) is 2.19. The standard InChI is InChI=1S/C25H30N4O4/c1-5-24(31)28(14-15-32-3)17-23(30)27-25-26-22(19-8-12-21(33-4)13-9-19)16-29(25)20-10-6-18(2)7-11-20/h6-13,16H,5,14-15,17H2,1-4H3,(H,26,27,30). The summed E-state index contributed by atoms with van der Waals surface area (Å²) in [5.74, 6) is 0.698. The first-order chi connectivity index (χ1) is 15.9. The minimum atomic E-state index is -0.326. The third-order valence-electron chi connectivity index (χ3n) is 5.21. The molecular weight excluding hydrogens is 420 g/mol. The van der Waals surface area contributed by atoms with E-state index in [1.165, 1.54) is 4.90 Å². The fourth-order valence-corrected chi connectivity index (χ4v) is 3.33. The average molecular weight is 451 g/mol. The van der Waals surface area contributed by atoms with Crippen molar-refractivity contribution in [2.75, 3.05) is 39.2 Å². The number of methoxy groups -OCH3 is 2. The molecule has 8 heteroatoms. The first-order valence-electron chi connectivity index (χ1n) is 10.8. The molecular formula is C25H30N4O4. The normalized spacial score (nSPS) is 10.7. The molecule has 174 valence electrons. The largest absolute Gasteiger partial charge is 0.497 e. The van der Waals surface area contributed by atoms with E-state index >= 15 is 0 Å². The lowest BCUT2D eigenvalue weighted by atomic mass is 10.1. The molecule has 0 saturated carbocycles. The highest BCUT2D eigenvalue weighted by atomic mass is 16.5. The molecule has 0 aliphatic rings. The highest BCUT2D eigenvalue weighted by molar-refractivity contribution is 5.93. The maximum absolute atomic E-state index is 12.9. The van der Waals surface area contributed by atoms with Gasteiger partial charge < -0.3 is 14.4 Å². The molecule has 0 aliphatic heterocycles. The molecule has 1 N–H and O–H groups in total. The Morgan fingerprint density at radius 2 is 1.76 bits per heavy atom. The van der Waals surface area contributed by atoms with Crippen molar-refractivity contribution in [3.8, 4) is 22.7 Å². The number of amides is 2. The van der Waals surface area contributed by atoms with Crippen molar-refractivity contribution >= 4 is 17.8 Å². The number of nitrogens with one attached hydrogen (secondary N) is 1. The van der Waals surface area contributed by atoms with E-state index in [0.29, 0.717) is 31.2 Å². The molecule has 0 unspecified atom stereocenters. The second-order valence-corrected chi connectivity index (χ2v) is 7.59. The van der Waals surface area contributed by atoms with Gasteiger partial charge in [-0.15, -0.1) is 0 Å². The van der Waals surface area contributed by atoms with E-state index in [9.17, 15) is 9.59 Å². The van der Waals surface area contributed by atoms with Crippen molar-refractivity contribution in [3.05, 3.63) is 60.3 Å². The van der Waals surface area contributed by atoms with Crippen LogP contribution in [0.15, 0.2) is 54.7 Å². The van der Waals surface area contributed by atoms with Gasteiger partial charge in [0, 0.05) is 37.5 Å². The molecule has 0 bridgehead atoms. The molecule has 8 nitrogen and oxygen atoms in total. The molecule has 2 amide bonds. The molecule has 0 atom stereocenters. The van der Waals surface area contributed by atoms with Gasteiger partial charge in [-0.25, -0.2) is 4.98 Å². The molecule has 1 aromatic heterocycles. The van der Waals surface area contributed by atoms with Crippen LogP contribution in [0.4, 0.5) is 5.95 Å². The van der Waals surface area contributed by atoms with Crippen molar-refractivity contribution in [1.29, 1.82) is 0 Å². The second kappa shape index (κ2) is 11.3. The lowest BCUT2D eigenvalue weighted by molar-refractivity contribution is -0.135. The van der Waals surface area contributed by atoms with Crippen LogP contribution in [0.2, 0.25) is 0 Å². The van der Waals surface area contributed by atoms with E-state index in [2.05, 4.69) is 10.3 Å². The Labute approximate surface area is 194 Å². The van der Waals surface area contributed by atoms with E-state index in [0.717, 1.165) is 22.6 Å². The Bertz CT molecular complexity index is 1070. The zero-order chi connectivity index (χ0) is 23.8. The first kappa shape index (κ1) is 24.0. The molecule has 0 fully saturated rings. The van der Waals surface area contributed by atoms with Crippen LogP contribution >= 0.6 is 0 Å². The first-order valence-corrected chi connectivity index (χ1v) is 10.8. The summed E-state index contributed by atoms with van der Waals surface area (Å²) < 4.78 is 12.1. The number of hydrogen-bond acceptors (Lipinski definition) is 5. The van der Waals surface area contributed by atoms with E-state index in [4.69, 9.17) is 9.47 Å². The maximum Gasteiger partial charge on any atom is 0.246 e. The Kier molecular flexibility index (Phi) is 8.21. The van der Waals surface area contributed by atoms with Gasteiger partial charge in [-0.05, 0) is 43.3 Å². The minimum absolute atomic E-state index is 0.0747. The average Bonchev–Trinajstić information content (AvgIpc) is 3.25. The fraction of sp³-hybridized carbons (Fsp3) is 0.320. The van der Waals surface area contributed by atoms with E-state index in [1.807, 2.05) is 66.2 Å². The monoisotopic (exact) mass is 450 g/mol. The van der Waals surface area contributed by atoms with E-state index < -0.39 is 0 Å². The lowest BCUT2D eigenvalue weighted by Crippen LogP contribution is -2.39. The summed E-state index contributed by atoms with van der Waals surface area (Å²) in [4.78, 5) is 31.2. The van der Waals surface area contributed by atoms with Gasteiger partial charge in [0.15, 0.2) is 0 Å². The predicted octanol–water partition coefficient (Wildman–Crippen LogP) is 3.68. The third-order valence-corrected chi connectivity index (χ3v) is 5.21. The van der Waals surface area contributed by atoms with Gasteiger partial charge in [0.2, 0.25) is 17.8 Å². The van der Waals surface area contributed by atoms with Crippen LogP contribution in [0.1, 0.15) is 18.9 Å². The smallest absolute Gasteiger partial charge is 0.246 e. The van der Waals surface area contributed by atoms with Crippen LogP contribution in [0, 0.1) is 6.92 Å². The number of carbonyl (C=O) groups is 2. The summed E-state index contributed by atoms with van der Waals surface area (Å²) in [5, 5.41) is 2.88. The molecule has 33 heavy (non-hydrogen) atoms. The van der Waals surface area contributed by atoms with Crippen molar-refractivity contribution < 1.29 is 19.1 Å². The molecule has 0 aliphatic carbocycles. The SMILES string of the molecule is CCC(=O)N(CCOC)CC(=O)Nc1nc(-c2ccc(OC)cc2)cn1-c1ccc(C)cc1. The van der Waals surface area contributed by atoms with Gasteiger partial charge >= 0.3 is 0 Å². The van der Waals surface area contributed by atoms with Crippen LogP contribution in [-0.4, -0.2) is 60.2 Å². The number of aryl methyl sites for hydroxylation is 1. The zero-order valence-corrected chi connectivity index (χ0v) is 19.5. The molecule has 2 aromatic carbocycles. The summed E-state index contributed by atoms with van der Waals surface area (Å²) in [6, 6.07) is 15.5. The van der Waals surface area contributed by atoms with Crippen LogP contribution in [0.5, 0.6) is 5.75 Å². The van der Waals surface area contributed by atoms with Crippen LogP contribution in [0.25, 0.3) is 16.9 Å². The van der Waals surface area contributed by atoms with Crippen LogP contribution in [0.3, 0.4) is 0 Å². The quantitative estimate of drug-likeness (QED) is 0.509. The number of carbonyl (C=O) groups excluding carboxylic acids is 2. The Balaban J connectivity index is 1.89. The number of aromatic nitrogens is 2. The lowest BCUT2D eigenvalue weighted by Gasteiger charge is -2.21. The summed E-state index contributed by atoms with van der Waals surface area (Å²) >= 11 is 0. The van der Waals surface area contributed by atoms with E-state index in [1.54, 1.807) is 21.1 Å². The van der Waals surface area contributed by atoms with Gasteiger partial charge in [-0.2, -0.15) is 0 Å². The summed E-state index contributed by atoms with van der Waals surface area (Å²) in [6.45, 7) is 4.42. The number of nitrogens with zero attached hydrogens (tertiary/aromatic N) is 3. The Morgan fingerprint density at radius 1 is 1.06 bits per heavy atom. The van der Waals surface area contributed by atoms with Crippen LogP contribution in [-0.2, 0) is 14.3 Å². The summed E-state index contributed by atoms with van der Waals surface area (Å²) in [7, 11) is 3.18. The number of benzene rings is 2. The van der Waals surface area contributed by atoms with Crippen molar-refractivity contribution in [1.82, 2.24) is 14.5 Å². The van der Waals surface area contributed by atoms with Gasteiger partial charge in [-0.1, -0.05) is 24.6 Å². The molecule has 3 rings (SSSR count). The molecule has 0 spiro atoms. The van der Waals surface area contributed by atoms with Gasteiger partial charge in [0.05, 0.1) is 19.4 Å². The summed E-state index contributed by atoms with van der Waals surface area (Å²) in [5.41, 5.74) is 3.59.